The fraction of sp³-hybridized carbons (Fsp3) is 0.980. The van der Waals surface area contributed by atoms with Crippen LogP contribution in [0.3, 0.4) is 0 Å². The van der Waals surface area contributed by atoms with Crippen molar-refractivity contribution >= 4 is 16.6 Å². The van der Waals surface area contributed by atoms with Gasteiger partial charge in [0.1, 0.15) is 0 Å². The Morgan fingerprint density at radius 3 is 1.42 bits per heavy atom. The molecule has 0 aromatic carbocycles. The normalized spacial score (nSPS) is 13.4. The van der Waals surface area contributed by atoms with E-state index in [0.717, 1.165) is 110 Å². The molecule has 0 aliphatic heterocycles. The van der Waals surface area contributed by atoms with Gasteiger partial charge in [0.25, 0.3) is 0 Å². The number of carbonyl (C=O) groups is 1. The minimum atomic E-state index is -1.62. The van der Waals surface area contributed by atoms with Crippen LogP contribution in [-0.4, -0.2) is 80.8 Å². The van der Waals surface area contributed by atoms with Crippen LogP contribution < -0.4 is 0 Å². The van der Waals surface area contributed by atoms with Gasteiger partial charge in [-0.2, -0.15) is 10.6 Å². The maximum atomic E-state index is 13.0. The first-order valence-corrected chi connectivity index (χ1v) is 27.3. The molecular formula is C49H101NO6S. The molecule has 344 valence electrons. The highest BCUT2D eigenvalue weighted by molar-refractivity contribution is 8.24. The third-order valence-electron chi connectivity index (χ3n) is 11.3. The van der Waals surface area contributed by atoms with Crippen molar-refractivity contribution in [3.8, 4) is 0 Å². The predicted molar refractivity (Wildman–Crippen MR) is 249 cm³/mol. The molecule has 0 saturated carbocycles. The van der Waals surface area contributed by atoms with Crippen LogP contribution in [0.25, 0.3) is 0 Å². The van der Waals surface area contributed by atoms with Crippen molar-refractivity contribution in [3.05, 3.63) is 0 Å². The van der Waals surface area contributed by atoms with Crippen molar-refractivity contribution in [3.63, 3.8) is 0 Å². The van der Waals surface area contributed by atoms with E-state index >= 15 is 0 Å². The lowest BCUT2D eigenvalue weighted by molar-refractivity contribution is -0.149. The zero-order chi connectivity index (χ0) is 41.9. The Morgan fingerprint density at radius 1 is 0.491 bits per heavy atom. The summed E-state index contributed by atoms with van der Waals surface area (Å²) in [5.41, 5.74) is 0. The third-order valence-corrected chi connectivity index (χ3v) is 12.7. The maximum absolute atomic E-state index is 13.0. The monoisotopic (exact) mass is 832 g/mol. The van der Waals surface area contributed by atoms with Crippen LogP contribution in [0.4, 0.5) is 0 Å². The smallest absolute Gasteiger partial charge is 0.308 e. The zero-order valence-electron chi connectivity index (χ0n) is 39.3. The molecule has 0 spiro atoms. The van der Waals surface area contributed by atoms with E-state index in [0.29, 0.717) is 6.61 Å². The topological polar surface area (TPSA) is 77.5 Å². The maximum Gasteiger partial charge on any atom is 0.308 e. The Balaban J connectivity index is 4.42. The zero-order valence-corrected chi connectivity index (χ0v) is 40.1. The van der Waals surface area contributed by atoms with Gasteiger partial charge in [-0.1, -0.05) is 169 Å². The van der Waals surface area contributed by atoms with Gasteiger partial charge in [-0.05, 0) is 83.8 Å². The Morgan fingerprint density at radius 2 is 0.895 bits per heavy atom. The van der Waals surface area contributed by atoms with Crippen molar-refractivity contribution in [2.75, 3.05) is 58.6 Å². The average molecular weight is 832 g/mol. The van der Waals surface area contributed by atoms with Crippen LogP contribution in [0.15, 0.2) is 0 Å². The van der Waals surface area contributed by atoms with E-state index in [1.807, 2.05) is 0 Å². The van der Waals surface area contributed by atoms with Gasteiger partial charge in [-0.25, -0.2) is 0 Å². The first-order chi connectivity index (χ1) is 27.8. The molecule has 0 aliphatic rings. The summed E-state index contributed by atoms with van der Waals surface area (Å²) in [7, 11) is -1.62. The Kier molecular flexibility index (Phi) is 43.4. The molecule has 0 rings (SSSR count). The highest BCUT2D eigenvalue weighted by Crippen LogP contribution is 2.44. The second kappa shape index (κ2) is 43.7. The number of hydrogen-bond acceptors (Lipinski definition) is 7. The summed E-state index contributed by atoms with van der Waals surface area (Å²) in [5, 5.41) is 9.36. The molecule has 0 bridgehead atoms. The lowest BCUT2D eigenvalue weighted by Crippen LogP contribution is -2.27. The van der Waals surface area contributed by atoms with Crippen molar-refractivity contribution in [1.82, 2.24) is 4.90 Å². The van der Waals surface area contributed by atoms with Crippen molar-refractivity contribution < 1.29 is 27.7 Å². The highest BCUT2D eigenvalue weighted by atomic mass is 32.3. The molecule has 57 heavy (non-hydrogen) atoms. The molecule has 1 N–H and O–H groups in total. The van der Waals surface area contributed by atoms with E-state index in [9.17, 15) is 9.90 Å². The van der Waals surface area contributed by atoms with Crippen molar-refractivity contribution in [2.24, 2.45) is 5.92 Å². The number of nitrogens with zero attached hydrogens (tertiary/aromatic N) is 1. The number of rotatable bonds is 47. The van der Waals surface area contributed by atoms with Gasteiger partial charge in [-0.15, -0.1) is 0 Å². The van der Waals surface area contributed by atoms with Gasteiger partial charge in [0, 0.05) is 32.1 Å². The van der Waals surface area contributed by atoms with E-state index in [2.05, 4.69) is 45.1 Å². The third kappa shape index (κ3) is 39.5. The number of aliphatic hydroxyl groups excluding tert-OH is 1. The Labute approximate surface area is 358 Å². The minimum absolute atomic E-state index is 0.0606. The molecule has 2 atom stereocenters. The summed E-state index contributed by atoms with van der Waals surface area (Å²) in [6, 6.07) is 0. The first-order valence-electron chi connectivity index (χ1n) is 25.0. The molecule has 0 saturated heterocycles. The number of carbonyl (C=O) groups excluding carboxylic acids is 1. The molecule has 0 aromatic heterocycles. The summed E-state index contributed by atoms with van der Waals surface area (Å²) < 4.78 is 24.9. The van der Waals surface area contributed by atoms with E-state index < -0.39 is 10.6 Å². The lowest BCUT2D eigenvalue weighted by atomic mass is 9.94. The molecule has 0 amide bonds. The van der Waals surface area contributed by atoms with E-state index in [-0.39, 0.29) is 24.8 Å². The van der Waals surface area contributed by atoms with Gasteiger partial charge in [-0.3, -0.25) is 13.2 Å². The van der Waals surface area contributed by atoms with Gasteiger partial charge < -0.3 is 19.5 Å². The molecular weight excluding hydrogens is 731 g/mol. The number of unbranched alkanes of at least 4 members (excludes halogenated alkanes) is 23. The molecule has 0 fully saturated rings. The number of ether oxygens (including phenoxy) is 2. The van der Waals surface area contributed by atoms with Gasteiger partial charge in [0.05, 0.1) is 19.1 Å². The molecule has 2 unspecified atom stereocenters. The molecule has 0 heterocycles. The Hall–Kier alpha value is -0.380. The van der Waals surface area contributed by atoms with Gasteiger partial charge >= 0.3 is 5.97 Å². The van der Waals surface area contributed by atoms with Crippen LogP contribution in [0, 0.1) is 5.92 Å². The molecule has 0 radical (unpaired) electrons. The average Bonchev–Trinajstić information content (AvgIpc) is 3.19. The fourth-order valence-corrected chi connectivity index (χ4v) is 8.81. The van der Waals surface area contributed by atoms with Crippen LogP contribution in [0.5, 0.6) is 0 Å². The summed E-state index contributed by atoms with van der Waals surface area (Å²) in [5.74, 6) is 0.155. The van der Waals surface area contributed by atoms with Crippen LogP contribution >= 0.6 is 10.6 Å². The second-order valence-corrected chi connectivity index (χ2v) is 20.1. The van der Waals surface area contributed by atoms with Gasteiger partial charge in [0.2, 0.25) is 0 Å². The summed E-state index contributed by atoms with van der Waals surface area (Å²) >= 11 is 0. The number of hydrogen-bond donors (Lipinski definition) is 1. The van der Waals surface area contributed by atoms with E-state index in [1.165, 1.54) is 135 Å². The van der Waals surface area contributed by atoms with Crippen molar-refractivity contribution in [1.29, 1.82) is 0 Å². The highest BCUT2D eigenvalue weighted by Gasteiger charge is 2.20. The largest absolute Gasteiger partial charge is 0.465 e. The molecule has 7 nitrogen and oxygen atoms in total. The van der Waals surface area contributed by atoms with Crippen LogP contribution in [-0.2, 0) is 22.6 Å². The number of aliphatic hydroxyl groups is 1. The SMILES string of the molecule is CCCCCCCCOC(CCCCCC)OS(C)(C)OCCCCCCN(CCCCO)CCCCCCOC(=O)C(CCCCCC)CCCCCCCC. The molecule has 8 heteroatoms. The van der Waals surface area contributed by atoms with Gasteiger partial charge in [0.15, 0.2) is 6.29 Å². The van der Waals surface area contributed by atoms with Crippen LogP contribution in [0.2, 0.25) is 0 Å². The summed E-state index contributed by atoms with van der Waals surface area (Å²) in [4.78, 5) is 15.6. The Bertz CT molecular complexity index is 817. The second-order valence-electron chi connectivity index (χ2n) is 17.3. The summed E-state index contributed by atoms with van der Waals surface area (Å²) in [6.07, 6.45) is 43.1. The van der Waals surface area contributed by atoms with E-state index in [1.54, 1.807) is 0 Å². The standard InChI is InChI=1S/C49H101NO6S/c1-7-11-15-19-21-28-38-47(37-27-17-13-9-3)49(52)54-45-35-25-22-30-40-50(42-32-33-43-51)41-31-23-26-36-46-55-57(5,6)56-48(39-29-18-14-10-4)53-44-34-24-20-16-12-8-2/h47-48,51H,7-46H2,1-6H3. The quantitative estimate of drug-likeness (QED) is 0.0372. The van der Waals surface area contributed by atoms with Crippen molar-refractivity contribution in [2.45, 2.75) is 246 Å². The molecule has 0 aromatic rings. The predicted octanol–water partition coefficient (Wildman–Crippen LogP) is 14.7. The first kappa shape index (κ1) is 56.6. The number of esters is 1. The van der Waals surface area contributed by atoms with E-state index in [4.69, 9.17) is 17.8 Å². The minimum Gasteiger partial charge on any atom is -0.465 e. The molecule has 0 aliphatic carbocycles. The van der Waals surface area contributed by atoms with Crippen LogP contribution in [0.1, 0.15) is 240 Å². The lowest BCUT2D eigenvalue weighted by Gasteiger charge is -2.38. The fourth-order valence-electron chi connectivity index (χ4n) is 7.56. The summed E-state index contributed by atoms with van der Waals surface area (Å²) in [6.45, 7) is 14.7.